The molecule has 1 aromatic rings. The molecule has 26 heavy (non-hydrogen) atoms. The van der Waals surface area contributed by atoms with Crippen LogP contribution in [0.4, 0.5) is 0 Å². The van der Waals surface area contributed by atoms with E-state index in [0.717, 1.165) is 6.42 Å². The molecular formula is C20H26N2O4. The maximum absolute atomic E-state index is 13.2. The first-order valence-corrected chi connectivity index (χ1v) is 9.30. The van der Waals surface area contributed by atoms with Crippen LogP contribution in [0.3, 0.4) is 0 Å². The average Bonchev–Trinajstić information content (AvgIpc) is 3.04. The van der Waals surface area contributed by atoms with Crippen LogP contribution in [-0.4, -0.2) is 57.9 Å². The van der Waals surface area contributed by atoms with Crippen LogP contribution in [0.5, 0.6) is 0 Å². The molecule has 0 bridgehead atoms. The van der Waals surface area contributed by atoms with Crippen LogP contribution in [0.1, 0.15) is 49.4 Å². The number of likely N-dealkylation sites (tertiary alicyclic amines) is 2. The predicted molar refractivity (Wildman–Crippen MR) is 96.7 cm³/mol. The number of carboxylic acids is 1. The number of carboxylic acid groups (broad SMARTS) is 1. The van der Waals surface area contributed by atoms with E-state index in [-0.39, 0.29) is 24.2 Å². The summed E-state index contributed by atoms with van der Waals surface area (Å²) in [7, 11) is 0. The Morgan fingerprint density at radius 1 is 1.12 bits per heavy atom. The highest BCUT2D eigenvalue weighted by molar-refractivity contribution is 5.99. The van der Waals surface area contributed by atoms with Crippen molar-refractivity contribution in [2.75, 3.05) is 19.6 Å². The molecule has 0 radical (unpaired) electrons. The molecule has 3 rings (SSSR count). The van der Waals surface area contributed by atoms with E-state index in [1.165, 1.54) is 0 Å². The van der Waals surface area contributed by atoms with Gasteiger partial charge in [0, 0.05) is 31.6 Å². The van der Waals surface area contributed by atoms with Crippen LogP contribution in [-0.2, 0) is 9.59 Å². The largest absolute Gasteiger partial charge is 0.481 e. The summed E-state index contributed by atoms with van der Waals surface area (Å²) in [6, 6.07) is 9.09. The van der Waals surface area contributed by atoms with Crippen molar-refractivity contribution in [2.24, 2.45) is 5.92 Å². The van der Waals surface area contributed by atoms with Gasteiger partial charge in [-0.25, -0.2) is 0 Å². The molecule has 2 aliphatic heterocycles. The first-order valence-electron chi connectivity index (χ1n) is 9.30. The number of aliphatic carboxylic acids is 1. The lowest BCUT2D eigenvalue weighted by molar-refractivity contribution is -0.143. The zero-order valence-electron chi connectivity index (χ0n) is 15.2. The molecule has 0 aromatic heterocycles. The molecule has 0 spiro atoms. The van der Waals surface area contributed by atoms with Gasteiger partial charge in [0.2, 0.25) is 5.91 Å². The van der Waals surface area contributed by atoms with Gasteiger partial charge in [-0.05, 0) is 50.7 Å². The van der Waals surface area contributed by atoms with Crippen LogP contribution >= 0.6 is 0 Å². The maximum atomic E-state index is 13.2. The van der Waals surface area contributed by atoms with Crippen molar-refractivity contribution in [1.82, 2.24) is 9.80 Å². The second kappa shape index (κ2) is 7.48. The molecule has 0 aliphatic carbocycles. The number of carbonyl (C=O) groups is 3. The second-order valence-corrected chi connectivity index (χ2v) is 7.53. The lowest BCUT2D eigenvalue weighted by Crippen LogP contribution is -2.57. The number of benzene rings is 1. The zero-order chi connectivity index (χ0) is 18.7. The number of nitrogens with zero attached hydrogens (tertiary/aromatic N) is 2. The molecule has 6 nitrogen and oxygen atoms in total. The minimum Gasteiger partial charge on any atom is -0.481 e. The third-order valence-corrected chi connectivity index (χ3v) is 5.73. The average molecular weight is 358 g/mol. The van der Waals surface area contributed by atoms with Gasteiger partial charge in [0.15, 0.2) is 0 Å². The molecule has 2 fully saturated rings. The molecule has 6 heteroatoms. The summed E-state index contributed by atoms with van der Waals surface area (Å²) in [5.41, 5.74) is -0.208. The molecule has 1 unspecified atom stereocenters. The fourth-order valence-electron chi connectivity index (χ4n) is 4.18. The highest BCUT2D eigenvalue weighted by Crippen LogP contribution is 2.34. The van der Waals surface area contributed by atoms with Crippen LogP contribution < -0.4 is 0 Å². The van der Waals surface area contributed by atoms with Crippen molar-refractivity contribution in [3.63, 3.8) is 0 Å². The summed E-state index contributed by atoms with van der Waals surface area (Å²) in [6.45, 7) is 3.59. The van der Waals surface area contributed by atoms with Gasteiger partial charge in [0.05, 0.1) is 0 Å². The summed E-state index contributed by atoms with van der Waals surface area (Å²) in [5.74, 6) is -0.750. The first-order chi connectivity index (χ1) is 12.4. The van der Waals surface area contributed by atoms with E-state index in [1.54, 1.807) is 17.0 Å². The standard InChI is InChI=1S/C20H26N2O4/c1-20(19(26)21-12-8-15(9-13-21)14-17(23)24)10-5-11-22(20)18(25)16-6-3-2-4-7-16/h2-4,6-7,15H,5,8-14H2,1H3,(H,23,24). The van der Waals surface area contributed by atoms with Gasteiger partial charge in [-0.3, -0.25) is 14.4 Å². The van der Waals surface area contributed by atoms with Crippen LogP contribution in [0.2, 0.25) is 0 Å². The Kier molecular flexibility index (Phi) is 5.30. The number of rotatable bonds is 4. The quantitative estimate of drug-likeness (QED) is 0.896. The van der Waals surface area contributed by atoms with Crippen molar-refractivity contribution < 1.29 is 19.5 Å². The fraction of sp³-hybridized carbons (Fsp3) is 0.550. The monoisotopic (exact) mass is 358 g/mol. The summed E-state index contributed by atoms with van der Waals surface area (Å²) < 4.78 is 0. The van der Waals surface area contributed by atoms with Gasteiger partial charge in [0.25, 0.3) is 5.91 Å². The minimum absolute atomic E-state index is 0.00643. The topological polar surface area (TPSA) is 77.9 Å². The normalized spacial score (nSPS) is 23.9. The second-order valence-electron chi connectivity index (χ2n) is 7.53. The number of carbonyl (C=O) groups excluding carboxylic acids is 2. The van der Waals surface area contributed by atoms with Gasteiger partial charge in [-0.15, -0.1) is 0 Å². The van der Waals surface area contributed by atoms with E-state index in [9.17, 15) is 14.4 Å². The Morgan fingerprint density at radius 2 is 1.77 bits per heavy atom. The maximum Gasteiger partial charge on any atom is 0.303 e. The predicted octanol–water partition coefficient (Wildman–Crippen LogP) is 2.39. The fourth-order valence-corrected chi connectivity index (χ4v) is 4.18. The van der Waals surface area contributed by atoms with Crippen LogP contribution in [0.25, 0.3) is 0 Å². The molecular weight excluding hydrogens is 332 g/mol. The Hall–Kier alpha value is -2.37. The number of hydrogen-bond acceptors (Lipinski definition) is 3. The summed E-state index contributed by atoms with van der Waals surface area (Å²) in [4.78, 5) is 40.5. The summed E-state index contributed by atoms with van der Waals surface area (Å²) in [5, 5.41) is 8.93. The van der Waals surface area contributed by atoms with E-state index in [1.807, 2.05) is 30.0 Å². The molecule has 140 valence electrons. The molecule has 2 saturated heterocycles. The van der Waals surface area contributed by atoms with E-state index >= 15 is 0 Å². The van der Waals surface area contributed by atoms with Crippen molar-refractivity contribution in [3.05, 3.63) is 35.9 Å². The lowest BCUT2D eigenvalue weighted by atomic mass is 9.90. The van der Waals surface area contributed by atoms with Crippen molar-refractivity contribution in [1.29, 1.82) is 0 Å². The van der Waals surface area contributed by atoms with Gasteiger partial charge < -0.3 is 14.9 Å². The molecule has 1 atom stereocenters. The smallest absolute Gasteiger partial charge is 0.303 e. The number of hydrogen-bond donors (Lipinski definition) is 1. The number of piperidine rings is 1. The highest BCUT2D eigenvalue weighted by atomic mass is 16.4. The third-order valence-electron chi connectivity index (χ3n) is 5.73. The summed E-state index contributed by atoms with van der Waals surface area (Å²) >= 11 is 0. The Labute approximate surface area is 153 Å². The van der Waals surface area contributed by atoms with Crippen molar-refractivity contribution in [3.8, 4) is 0 Å². The number of amides is 2. The van der Waals surface area contributed by atoms with Crippen LogP contribution in [0.15, 0.2) is 30.3 Å². The Morgan fingerprint density at radius 3 is 2.38 bits per heavy atom. The molecule has 2 heterocycles. The Bertz CT molecular complexity index is 682. The van der Waals surface area contributed by atoms with Crippen molar-refractivity contribution >= 4 is 17.8 Å². The van der Waals surface area contributed by atoms with Crippen LogP contribution in [0, 0.1) is 5.92 Å². The SMILES string of the molecule is CC1(C(=O)N2CCC(CC(=O)O)CC2)CCCN1C(=O)c1ccccc1. The van der Waals surface area contributed by atoms with Crippen molar-refractivity contribution in [2.45, 2.75) is 44.6 Å². The first kappa shape index (κ1) is 18.4. The van der Waals surface area contributed by atoms with E-state index in [0.29, 0.717) is 44.5 Å². The van der Waals surface area contributed by atoms with E-state index in [4.69, 9.17) is 5.11 Å². The van der Waals surface area contributed by atoms with E-state index < -0.39 is 11.5 Å². The van der Waals surface area contributed by atoms with Gasteiger partial charge in [0.1, 0.15) is 5.54 Å². The third kappa shape index (κ3) is 3.59. The molecule has 0 saturated carbocycles. The zero-order valence-corrected chi connectivity index (χ0v) is 15.2. The van der Waals surface area contributed by atoms with Gasteiger partial charge >= 0.3 is 5.97 Å². The lowest BCUT2D eigenvalue weighted by Gasteiger charge is -2.40. The van der Waals surface area contributed by atoms with Gasteiger partial charge in [-0.1, -0.05) is 18.2 Å². The highest BCUT2D eigenvalue weighted by Gasteiger charge is 2.48. The minimum atomic E-state index is -0.813. The molecule has 2 aliphatic rings. The Balaban J connectivity index is 1.69. The van der Waals surface area contributed by atoms with Gasteiger partial charge in [-0.2, -0.15) is 0 Å². The molecule has 1 aromatic carbocycles. The molecule has 2 amide bonds. The summed E-state index contributed by atoms with van der Waals surface area (Å²) in [6.07, 6.45) is 3.06. The van der Waals surface area contributed by atoms with E-state index in [2.05, 4.69) is 0 Å². The molecule has 1 N–H and O–H groups in total.